The van der Waals surface area contributed by atoms with Gasteiger partial charge in [-0.2, -0.15) is 0 Å². The van der Waals surface area contributed by atoms with Gasteiger partial charge in [0.15, 0.2) is 0 Å². The molecule has 5 aliphatic rings. The predicted octanol–water partition coefficient (Wildman–Crippen LogP) is 5.69. The maximum absolute atomic E-state index is 12.4. The lowest BCUT2D eigenvalue weighted by Gasteiger charge is -2.54. The maximum atomic E-state index is 12.4. The summed E-state index contributed by atoms with van der Waals surface area (Å²) >= 11 is 0. The van der Waals surface area contributed by atoms with Crippen LogP contribution in [0, 0.1) is 36.0 Å². The average molecular weight is 547 g/mol. The second kappa shape index (κ2) is 12.5. The number of terminal acetylenes is 1. The molecule has 6 heteroatoms. The van der Waals surface area contributed by atoms with Crippen LogP contribution >= 0.6 is 0 Å². The molecule has 1 aliphatic heterocycles. The fraction of sp³-hybridized carbons (Fsp3) is 0.788. The van der Waals surface area contributed by atoms with Crippen molar-refractivity contribution in [2.45, 2.75) is 136 Å². The molecule has 1 heterocycles. The van der Waals surface area contributed by atoms with Crippen molar-refractivity contribution < 1.29 is 30.0 Å². The molecule has 0 aromatic heterocycles. The summed E-state index contributed by atoms with van der Waals surface area (Å²) in [5.41, 5.74) is 1.76. The summed E-state index contributed by atoms with van der Waals surface area (Å²) in [7, 11) is 0. The van der Waals surface area contributed by atoms with E-state index in [1.807, 2.05) is 27.7 Å². The zero-order valence-electron chi connectivity index (χ0n) is 25.4. The van der Waals surface area contributed by atoms with E-state index in [0.717, 1.165) is 32.1 Å². The number of carbonyl (C=O) groups is 1. The first kappa shape index (κ1) is 33.6. The largest absolute Gasteiger partial charge is 0.454 e. The minimum absolute atomic E-state index is 0. The van der Waals surface area contributed by atoms with Crippen molar-refractivity contribution in [3.8, 4) is 12.8 Å². The van der Waals surface area contributed by atoms with Gasteiger partial charge in [-0.1, -0.05) is 46.6 Å². The molecule has 3 unspecified atom stereocenters. The highest BCUT2D eigenvalue weighted by Gasteiger charge is 2.60. The number of carbonyl (C=O) groups excluding carboxylic acids is 1. The number of epoxide rings is 1. The first-order valence-electron chi connectivity index (χ1n) is 15.0. The smallest absolute Gasteiger partial charge is 0.303 e. The van der Waals surface area contributed by atoms with Gasteiger partial charge in [-0.15, -0.1) is 12.8 Å². The normalized spacial score (nSPS) is 37.1. The molecule has 0 spiro atoms. The van der Waals surface area contributed by atoms with Gasteiger partial charge >= 0.3 is 5.97 Å². The molecule has 39 heavy (non-hydrogen) atoms. The van der Waals surface area contributed by atoms with Crippen molar-refractivity contribution in [2.75, 3.05) is 6.61 Å². The summed E-state index contributed by atoms with van der Waals surface area (Å²) in [6.07, 6.45) is 19.9. The van der Waals surface area contributed by atoms with Gasteiger partial charge in [0.05, 0.1) is 18.3 Å². The lowest BCUT2D eigenvalue weighted by molar-refractivity contribution is -0.163. The number of hydrogen-bond donors (Lipinski definition) is 2. The van der Waals surface area contributed by atoms with Gasteiger partial charge in [0.25, 0.3) is 0 Å². The first-order chi connectivity index (χ1) is 17.9. The number of aliphatic hydroxyl groups excluding tert-OH is 1. The van der Waals surface area contributed by atoms with Crippen molar-refractivity contribution in [1.82, 2.24) is 0 Å². The van der Waals surface area contributed by atoms with Crippen LogP contribution in [0.4, 0.5) is 0 Å². The number of fused-ring (bicyclic) bond motifs is 4. The molecule has 6 nitrogen and oxygen atoms in total. The number of ether oxygens (including phenoxy) is 2. The zero-order chi connectivity index (χ0) is 28.5. The summed E-state index contributed by atoms with van der Waals surface area (Å²) in [4.78, 5) is 12.4. The van der Waals surface area contributed by atoms with Crippen molar-refractivity contribution >= 4 is 5.97 Å². The quantitative estimate of drug-likeness (QED) is 0.252. The third-order valence-corrected chi connectivity index (χ3v) is 10.5. The molecule has 222 valence electrons. The highest BCUT2D eigenvalue weighted by atomic mass is 16.6. The van der Waals surface area contributed by atoms with E-state index in [1.54, 1.807) is 0 Å². The standard InChI is InChI=1S/C29H44O5.C2H6.C2H2.H2O/c1-18(13-15-28(17-33-28)26(3,4)32)22-11-12-23-21-10-9-20-8-6-7-14-27(20,5)25(21)24(31)16-29(22,23)34-19(2)30;2*1-2;/h12,18,20,22,24,31-32H,6-11,13-17H2,1-5H3;1-2H3;1-2H;1H2/t18-,20?,22?,24+,27+,28?,29+;;;/m1.../s1. The van der Waals surface area contributed by atoms with Gasteiger partial charge in [-0.3, -0.25) is 4.79 Å². The summed E-state index contributed by atoms with van der Waals surface area (Å²) in [5.74, 6) is 0.790. The van der Waals surface area contributed by atoms with Crippen LogP contribution in [0.15, 0.2) is 22.8 Å². The van der Waals surface area contributed by atoms with E-state index in [1.165, 1.54) is 49.3 Å². The molecule has 0 amide bonds. The Morgan fingerprint density at radius 2 is 1.90 bits per heavy atom. The first-order valence-corrected chi connectivity index (χ1v) is 15.0. The third-order valence-electron chi connectivity index (χ3n) is 10.5. The van der Waals surface area contributed by atoms with Crippen molar-refractivity contribution in [2.24, 2.45) is 23.2 Å². The zero-order valence-corrected chi connectivity index (χ0v) is 25.4. The Balaban J connectivity index is 0.00000102. The fourth-order valence-electron chi connectivity index (χ4n) is 8.39. The van der Waals surface area contributed by atoms with E-state index in [-0.39, 0.29) is 28.7 Å². The van der Waals surface area contributed by atoms with Crippen LogP contribution in [0.25, 0.3) is 0 Å². The van der Waals surface area contributed by atoms with E-state index in [9.17, 15) is 15.0 Å². The summed E-state index contributed by atoms with van der Waals surface area (Å²) in [5, 5.41) is 22.3. The summed E-state index contributed by atoms with van der Waals surface area (Å²) in [6.45, 7) is 14.4. The second-order valence-electron chi connectivity index (χ2n) is 12.8. The van der Waals surface area contributed by atoms with Crippen molar-refractivity contribution in [1.29, 1.82) is 0 Å². The van der Waals surface area contributed by atoms with Gasteiger partial charge < -0.3 is 25.2 Å². The molecule has 1 saturated heterocycles. The molecule has 0 bridgehead atoms. The Morgan fingerprint density at radius 1 is 1.26 bits per heavy atom. The number of allylic oxidation sites excluding steroid dienone is 1. The van der Waals surface area contributed by atoms with E-state index in [2.05, 4.69) is 32.8 Å². The predicted molar refractivity (Wildman–Crippen MR) is 156 cm³/mol. The maximum Gasteiger partial charge on any atom is 0.303 e. The van der Waals surface area contributed by atoms with Gasteiger partial charge in [0, 0.05) is 19.3 Å². The van der Waals surface area contributed by atoms with Crippen LogP contribution in [0.2, 0.25) is 0 Å². The molecule has 4 aliphatic carbocycles. The third kappa shape index (κ3) is 5.75. The SMILES string of the molecule is C#C.CC.CC(=O)O[C@]12C[C@H](O)C3=C(CCC4CCCC[C@]34C)C1=CCC2[C@H](C)CCC1(C(C)(C)O)CO1.O. The Kier molecular flexibility index (Phi) is 10.7. The molecule has 1 saturated carbocycles. The van der Waals surface area contributed by atoms with Crippen LogP contribution in [0.3, 0.4) is 0 Å². The second-order valence-corrected chi connectivity index (χ2v) is 12.8. The average Bonchev–Trinajstić information content (AvgIpc) is 3.59. The van der Waals surface area contributed by atoms with E-state index in [0.29, 0.717) is 18.9 Å². The highest BCUT2D eigenvalue weighted by molar-refractivity contribution is 5.68. The van der Waals surface area contributed by atoms with Gasteiger partial charge in [-0.05, 0) is 92.8 Å². The lowest BCUT2D eigenvalue weighted by atomic mass is 9.53. The van der Waals surface area contributed by atoms with Crippen LogP contribution in [-0.2, 0) is 14.3 Å². The molecule has 7 atom stereocenters. The van der Waals surface area contributed by atoms with Gasteiger partial charge in [0.1, 0.15) is 11.2 Å². The van der Waals surface area contributed by atoms with Gasteiger partial charge in [0.2, 0.25) is 0 Å². The van der Waals surface area contributed by atoms with Crippen molar-refractivity contribution in [3.63, 3.8) is 0 Å². The monoisotopic (exact) mass is 546 g/mol. The van der Waals surface area contributed by atoms with Crippen LogP contribution in [0.5, 0.6) is 0 Å². The van der Waals surface area contributed by atoms with Crippen molar-refractivity contribution in [3.05, 3.63) is 22.8 Å². The topological polar surface area (TPSA) is 111 Å². The van der Waals surface area contributed by atoms with Crippen LogP contribution in [0.1, 0.15) is 113 Å². The molecule has 0 aromatic carbocycles. The molecule has 0 radical (unpaired) electrons. The number of rotatable bonds is 6. The number of aliphatic hydroxyl groups is 2. The van der Waals surface area contributed by atoms with Gasteiger partial charge in [-0.25, -0.2) is 0 Å². The molecule has 4 N–H and O–H groups in total. The highest BCUT2D eigenvalue weighted by Crippen LogP contribution is 2.62. The van der Waals surface area contributed by atoms with E-state index < -0.39 is 22.9 Å². The Hall–Kier alpha value is -1.65. The Bertz CT molecular complexity index is 951. The Labute approximate surface area is 236 Å². The Morgan fingerprint density at radius 3 is 2.46 bits per heavy atom. The molecular formula is C33H54O6. The lowest BCUT2D eigenvalue weighted by Crippen LogP contribution is -2.53. The molecule has 5 rings (SSSR count). The molecule has 2 fully saturated rings. The fourth-order valence-corrected chi connectivity index (χ4v) is 8.39. The number of hydrogen-bond acceptors (Lipinski definition) is 5. The van der Waals surface area contributed by atoms with Crippen LogP contribution in [-0.4, -0.2) is 51.2 Å². The van der Waals surface area contributed by atoms with Crippen LogP contribution < -0.4 is 0 Å². The summed E-state index contributed by atoms with van der Waals surface area (Å²) in [6, 6.07) is 0. The molecular weight excluding hydrogens is 492 g/mol. The number of esters is 1. The minimum Gasteiger partial charge on any atom is -0.454 e. The summed E-state index contributed by atoms with van der Waals surface area (Å²) < 4.78 is 12.0. The molecule has 0 aromatic rings. The van der Waals surface area contributed by atoms with E-state index in [4.69, 9.17) is 9.47 Å². The minimum atomic E-state index is -0.867. The van der Waals surface area contributed by atoms with E-state index >= 15 is 0 Å².